The van der Waals surface area contributed by atoms with Crippen LogP contribution in [0.4, 0.5) is 21.6 Å². The van der Waals surface area contributed by atoms with E-state index in [0.717, 1.165) is 29.3 Å². The van der Waals surface area contributed by atoms with Crippen LogP contribution in [0.1, 0.15) is 6.92 Å². The molecule has 1 amide bonds. The Kier molecular flexibility index (Phi) is 8.46. The summed E-state index contributed by atoms with van der Waals surface area (Å²) in [5, 5.41) is 11.3. The topological polar surface area (TPSA) is 140 Å². The Hall–Kier alpha value is -3.32. The average molecular weight is 556 g/mol. The SMILES string of the molecule is CC(C(=O)N(CCN)c1ccc([N+](=O)[O-])cn1)N(c1cc(Cl)ccc1F)S(=O)(=O)c1ccc(Cl)cc1. The molecule has 0 bridgehead atoms. The van der Waals surface area contributed by atoms with Gasteiger partial charge in [0.15, 0.2) is 0 Å². The van der Waals surface area contributed by atoms with Gasteiger partial charge in [0, 0.05) is 29.2 Å². The number of amides is 1. The second kappa shape index (κ2) is 11.2. The van der Waals surface area contributed by atoms with Crippen LogP contribution in [-0.2, 0) is 14.8 Å². The number of carbonyl (C=O) groups excluding carboxylic acids is 1. The first-order valence-electron chi connectivity index (χ1n) is 10.3. The van der Waals surface area contributed by atoms with Crippen LogP contribution < -0.4 is 14.9 Å². The minimum atomic E-state index is -4.52. The molecule has 0 aliphatic rings. The standard InChI is InChI=1S/C22H20Cl2FN5O5S/c1-14(22(31)28(11-10-26)21-9-5-17(13-27-21)30(32)33)29(20-12-16(24)4-8-19(20)25)36(34,35)18-6-2-15(23)3-7-18/h2-9,12-14H,10-11,26H2,1H3. The molecule has 3 aromatic rings. The molecule has 1 atom stereocenters. The highest BCUT2D eigenvalue weighted by Crippen LogP contribution is 2.32. The van der Waals surface area contributed by atoms with E-state index in [1.54, 1.807) is 0 Å². The molecule has 0 aliphatic heterocycles. The number of pyridine rings is 1. The summed E-state index contributed by atoms with van der Waals surface area (Å²) < 4.78 is 42.9. The molecule has 0 spiro atoms. The van der Waals surface area contributed by atoms with Crippen LogP contribution in [0.3, 0.4) is 0 Å². The fraction of sp³-hybridized carbons (Fsp3) is 0.182. The molecule has 0 saturated heterocycles. The number of sulfonamides is 1. The zero-order chi connectivity index (χ0) is 26.6. The number of aromatic nitrogens is 1. The van der Waals surface area contributed by atoms with E-state index >= 15 is 0 Å². The summed E-state index contributed by atoms with van der Waals surface area (Å²) in [6.45, 7) is 1.14. The van der Waals surface area contributed by atoms with Crippen LogP contribution in [0.25, 0.3) is 0 Å². The third kappa shape index (κ3) is 5.73. The van der Waals surface area contributed by atoms with Crippen molar-refractivity contribution in [3.63, 3.8) is 0 Å². The van der Waals surface area contributed by atoms with E-state index in [1.165, 1.54) is 43.3 Å². The lowest BCUT2D eigenvalue weighted by atomic mass is 10.2. The molecule has 1 aromatic heterocycles. The van der Waals surface area contributed by atoms with Crippen molar-refractivity contribution in [2.45, 2.75) is 17.9 Å². The molecular weight excluding hydrogens is 536 g/mol. The molecule has 190 valence electrons. The van der Waals surface area contributed by atoms with Gasteiger partial charge < -0.3 is 5.73 Å². The molecule has 0 fully saturated rings. The quantitative estimate of drug-likeness (QED) is 0.310. The second-order valence-corrected chi connectivity index (χ2v) is 10.1. The van der Waals surface area contributed by atoms with Crippen LogP contribution >= 0.6 is 23.2 Å². The number of nitrogens with two attached hydrogens (primary N) is 1. The second-order valence-electron chi connectivity index (χ2n) is 7.44. The van der Waals surface area contributed by atoms with Crippen molar-refractivity contribution < 1.29 is 22.5 Å². The Morgan fingerprint density at radius 3 is 2.33 bits per heavy atom. The zero-order valence-corrected chi connectivity index (χ0v) is 21.0. The Labute approximate surface area is 216 Å². The molecule has 2 N–H and O–H groups in total. The number of hydrogen-bond acceptors (Lipinski definition) is 7. The molecule has 0 radical (unpaired) electrons. The van der Waals surface area contributed by atoms with Crippen molar-refractivity contribution >= 4 is 56.3 Å². The van der Waals surface area contributed by atoms with E-state index in [2.05, 4.69) is 4.98 Å². The summed E-state index contributed by atoms with van der Waals surface area (Å²) in [5.74, 6) is -1.74. The van der Waals surface area contributed by atoms with Gasteiger partial charge in [0.25, 0.3) is 21.6 Å². The molecule has 1 unspecified atom stereocenters. The van der Waals surface area contributed by atoms with Crippen LogP contribution in [-0.4, -0.2) is 43.4 Å². The predicted octanol–water partition coefficient (Wildman–Crippen LogP) is 4.01. The van der Waals surface area contributed by atoms with Gasteiger partial charge in [-0.05, 0) is 55.5 Å². The van der Waals surface area contributed by atoms with Crippen molar-refractivity contribution in [2.75, 3.05) is 22.3 Å². The fourth-order valence-corrected chi connectivity index (χ4v) is 5.26. The monoisotopic (exact) mass is 555 g/mol. The highest BCUT2D eigenvalue weighted by atomic mass is 35.5. The molecule has 0 saturated carbocycles. The number of anilines is 2. The maximum Gasteiger partial charge on any atom is 0.287 e. The van der Waals surface area contributed by atoms with Gasteiger partial charge in [-0.1, -0.05) is 23.2 Å². The van der Waals surface area contributed by atoms with Gasteiger partial charge in [-0.3, -0.25) is 24.1 Å². The average Bonchev–Trinajstić information content (AvgIpc) is 2.84. The third-order valence-corrected chi connectivity index (χ3v) is 7.45. The van der Waals surface area contributed by atoms with Gasteiger partial charge >= 0.3 is 0 Å². The first kappa shape index (κ1) is 27.3. The highest BCUT2D eigenvalue weighted by molar-refractivity contribution is 7.93. The lowest BCUT2D eigenvalue weighted by molar-refractivity contribution is -0.385. The van der Waals surface area contributed by atoms with Gasteiger partial charge in [0.2, 0.25) is 0 Å². The van der Waals surface area contributed by atoms with E-state index in [9.17, 15) is 27.7 Å². The van der Waals surface area contributed by atoms with Gasteiger partial charge in [0.1, 0.15) is 23.9 Å². The molecule has 36 heavy (non-hydrogen) atoms. The Morgan fingerprint density at radius 1 is 1.14 bits per heavy atom. The molecule has 14 heteroatoms. The Morgan fingerprint density at radius 2 is 1.78 bits per heavy atom. The predicted molar refractivity (Wildman–Crippen MR) is 134 cm³/mol. The summed E-state index contributed by atoms with van der Waals surface area (Å²) in [6, 6.07) is 9.30. The minimum Gasteiger partial charge on any atom is -0.329 e. The van der Waals surface area contributed by atoms with Crippen LogP contribution in [0, 0.1) is 15.9 Å². The number of rotatable bonds is 9. The third-order valence-electron chi connectivity index (χ3n) is 5.06. The molecule has 10 nitrogen and oxygen atoms in total. The maximum absolute atomic E-state index is 14.9. The number of benzene rings is 2. The summed E-state index contributed by atoms with van der Waals surface area (Å²) >= 11 is 11.9. The molecular formula is C22H20Cl2FN5O5S. The smallest absolute Gasteiger partial charge is 0.287 e. The van der Waals surface area contributed by atoms with Crippen LogP contribution in [0.5, 0.6) is 0 Å². The van der Waals surface area contributed by atoms with Gasteiger partial charge in [-0.15, -0.1) is 0 Å². The Bertz CT molecular complexity index is 1370. The van der Waals surface area contributed by atoms with E-state index in [4.69, 9.17) is 28.9 Å². The molecule has 3 rings (SSSR count). The normalized spacial score (nSPS) is 12.1. The van der Waals surface area contributed by atoms with Crippen molar-refractivity contribution in [2.24, 2.45) is 5.73 Å². The van der Waals surface area contributed by atoms with Crippen molar-refractivity contribution in [1.82, 2.24) is 4.98 Å². The summed E-state index contributed by atoms with van der Waals surface area (Å²) in [6.07, 6.45) is 0.954. The molecule has 2 aromatic carbocycles. The highest BCUT2D eigenvalue weighted by Gasteiger charge is 2.37. The summed E-state index contributed by atoms with van der Waals surface area (Å²) in [4.78, 5) is 28.7. The largest absolute Gasteiger partial charge is 0.329 e. The number of nitro groups is 1. The first-order chi connectivity index (χ1) is 17.0. The van der Waals surface area contributed by atoms with E-state index in [1.807, 2.05) is 0 Å². The zero-order valence-electron chi connectivity index (χ0n) is 18.7. The van der Waals surface area contributed by atoms with Crippen LogP contribution in [0.15, 0.2) is 65.7 Å². The van der Waals surface area contributed by atoms with Crippen molar-refractivity contribution in [1.29, 1.82) is 0 Å². The lowest BCUT2D eigenvalue weighted by Crippen LogP contribution is -2.51. The number of nitrogens with zero attached hydrogens (tertiary/aromatic N) is 4. The van der Waals surface area contributed by atoms with Gasteiger partial charge in [-0.25, -0.2) is 17.8 Å². The maximum atomic E-state index is 14.9. The van der Waals surface area contributed by atoms with Gasteiger partial charge in [-0.2, -0.15) is 0 Å². The summed E-state index contributed by atoms with van der Waals surface area (Å²) in [7, 11) is -4.52. The number of hydrogen-bond donors (Lipinski definition) is 1. The van der Waals surface area contributed by atoms with Crippen molar-refractivity contribution in [3.05, 3.63) is 86.8 Å². The molecule has 0 aliphatic carbocycles. The first-order valence-corrected chi connectivity index (χ1v) is 12.5. The van der Waals surface area contributed by atoms with Crippen LogP contribution in [0.2, 0.25) is 10.0 Å². The van der Waals surface area contributed by atoms with E-state index < -0.39 is 38.4 Å². The number of carbonyl (C=O) groups is 1. The van der Waals surface area contributed by atoms with Crippen molar-refractivity contribution in [3.8, 4) is 0 Å². The molecule has 1 heterocycles. The lowest BCUT2D eigenvalue weighted by Gasteiger charge is -2.33. The fourth-order valence-electron chi connectivity index (χ4n) is 3.36. The Balaban J connectivity index is 2.13. The summed E-state index contributed by atoms with van der Waals surface area (Å²) in [5.41, 5.74) is 4.89. The number of halogens is 3. The van der Waals surface area contributed by atoms with E-state index in [-0.39, 0.29) is 39.5 Å². The minimum absolute atomic E-state index is 0.00157. The van der Waals surface area contributed by atoms with Gasteiger partial charge in [0.05, 0.1) is 15.5 Å². The van der Waals surface area contributed by atoms with E-state index in [0.29, 0.717) is 4.31 Å².